The van der Waals surface area contributed by atoms with Crippen LogP contribution in [0.2, 0.25) is 0 Å². The van der Waals surface area contributed by atoms with E-state index in [1.165, 1.54) is 0 Å². The summed E-state index contributed by atoms with van der Waals surface area (Å²) in [6.45, 7) is 5.96. The Kier molecular flexibility index (Phi) is 13.7. The highest BCUT2D eigenvalue weighted by Gasteiger charge is 2.15. The Hall–Kier alpha value is -1.39. The Bertz CT molecular complexity index is 865. The maximum absolute atomic E-state index is 12.6. The van der Waals surface area contributed by atoms with Crippen LogP contribution in [-0.2, 0) is 13.6 Å². The van der Waals surface area contributed by atoms with E-state index in [9.17, 15) is 4.79 Å². The summed E-state index contributed by atoms with van der Waals surface area (Å²) >= 11 is 4.93. The standard InChI is InChI=1S/C22H28NO6PS3/c1-3-26-30(27-4-2)28-14-16-33-32-15-13-25-20-8-6-5-7-19(20)22(24)29-18-11-9-17(10-12-18)21(23)31/h5-12H,3-4,13-16H2,1-2H3,(H2,23,31). The molecule has 0 atom stereocenters. The highest BCUT2D eigenvalue weighted by Crippen LogP contribution is 2.39. The van der Waals surface area contributed by atoms with Crippen molar-refractivity contribution in [3.8, 4) is 11.5 Å². The van der Waals surface area contributed by atoms with Gasteiger partial charge in [-0.3, -0.25) is 0 Å². The number of hydrogen-bond donors (Lipinski definition) is 1. The first-order valence-electron chi connectivity index (χ1n) is 10.3. The van der Waals surface area contributed by atoms with Gasteiger partial charge in [0.05, 0.1) is 26.4 Å². The normalized spacial score (nSPS) is 10.9. The minimum absolute atomic E-state index is 0.288. The van der Waals surface area contributed by atoms with Gasteiger partial charge >= 0.3 is 14.6 Å². The van der Waals surface area contributed by atoms with Crippen molar-refractivity contribution in [2.24, 2.45) is 5.73 Å². The molecule has 0 aliphatic heterocycles. The minimum atomic E-state index is -1.25. The maximum atomic E-state index is 12.6. The first kappa shape index (κ1) is 27.9. The Morgan fingerprint density at radius 2 is 1.58 bits per heavy atom. The largest absolute Gasteiger partial charge is 0.492 e. The van der Waals surface area contributed by atoms with Crippen LogP contribution in [0.25, 0.3) is 0 Å². The maximum Gasteiger partial charge on any atom is 0.347 e. The van der Waals surface area contributed by atoms with Crippen molar-refractivity contribution in [1.29, 1.82) is 0 Å². The molecule has 0 bridgehead atoms. The number of hydrogen-bond acceptors (Lipinski definition) is 9. The molecule has 0 aliphatic rings. The molecule has 2 aromatic rings. The van der Waals surface area contributed by atoms with Crippen LogP contribution in [-0.4, -0.2) is 48.9 Å². The quantitative estimate of drug-likeness (QED) is 0.0738. The van der Waals surface area contributed by atoms with Crippen molar-refractivity contribution in [2.45, 2.75) is 13.8 Å². The molecule has 0 saturated carbocycles. The third-order valence-corrected chi connectivity index (χ3v) is 7.70. The van der Waals surface area contributed by atoms with Crippen molar-refractivity contribution in [3.63, 3.8) is 0 Å². The highest BCUT2D eigenvalue weighted by molar-refractivity contribution is 8.76. The fourth-order valence-corrected chi connectivity index (χ4v) is 5.18. The van der Waals surface area contributed by atoms with E-state index in [4.69, 9.17) is 41.0 Å². The van der Waals surface area contributed by atoms with Crippen LogP contribution in [0.15, 0.2) is 48.5 Å². The smallest absolute Gasteiger partial charge is 0.347 e. The molecular weight excluding hydrogens is 501 g/mol. The van der Waals surface area contributed by atoms with E-state index in [1.54, 1.807) is 64.1 Å². The van der Waals surface area contributed by atoms with E-state index in [1.807, 2.05) is 19.9 Å². The highest BCUT2D eigenvalue weighted by atomic mass is 33.1. The molecule has 0 aliphatic carbocycles. The molecular formula is C22H28NO6PS3. The lowest BCUT2D eigenvalue weighted by Gasteiger charge is -2.14. The number of ether oxygens (including phenoxy) is 2. The molecule has 0 aromatic heterocycles. The zero-order chi connectivity index (χ0) is 23.9. The van der Waals surface area contributed by atoms with Gasteiger partial charge in [-0.05, 0) is 50.2 Å². The molecule has 33 heavy (non-hydrogen) atoms. The van der Waals surface area contributed by atoms with Crippen LogP contribution in [0.3, 0.4) is 0 Å². The van der Waals surface area contributed by atoms with Gasteiger partial charge in [0.1, 0.15) is 22.1 Å². The van der Waals surface area contributed by atoms with Gasteiger partial charge in [-0.25, -0.2) is 4.79 Å². The van der Waals surface area contributed by atoms with Gasteiger partial charge < -0.3 is 28.8 Å². The molecule has 180 valence electrons. The van der Waals surface area contributed by atoms with Crippen LogP contribution in [0, 0.1) is 0 Å². The van der Waals surface area contributed by atoms with Gasteiger partial charge in [-0.1, -0.05) is 45.9 Å². The predicted molar refractivity (Wildman–Crippen MR) is 140 cm³/mol. The molecule has 0 fully saturated rings. The van der Waals surface area contributed by atoms with E-state index < -0.39 is 14.6 Å². The minimum Gasteiger partial charge on any atom is -0.492 e. The number of nitrogens with two attached hydrogens (primary N) is 1. The summed E-state index contributed by atoms with van der Waals surface area (Å²) in [5.74, 6) is 1.95. The van der Waals surface area contributed by atoms with Gasteiger partial charge in [-0.2, -0.15) is 0 Å². The average molecular weight is 530 g/mol. The van der Waals surface area contributed by atoms with Crippen molar-refractivity contribution in [1.82, 2.24) is 0 Å². The molecule has 2 rings (SSSR count). The molecule has 0 radical (unpaired) electrons. The van der Waals surface area contributed by atoms with Gasteiger partial charge in [-0.15, -0.1) is 0 Å². The lowest BCUT2D eigenvalue weighted by atomic mass is 10.2. The van der Waals surface area contributed by atoms with E-state index >= 15 is 0 Å². The van der Waals surface area contributed by atoms with E-state index in [2.05, 4.69) is 0 Å². The molecule has 0 heterocycles. The summed E-state index contributed by atoms with van der Waals surface area (Å²) in [5.41, 5.74) is 6.66. The van der Waals surface area contributed by atoms with Crippen LogP contribution < -0.4 is 15.2 Å². The molecule has 0 spiro atoms. The Morgan fingerprint density at radius 3 is 2.21 bits per heavy atom. The number of rotatable bonds is 16. The summed E-state index contributed by atoms with van der Waals surface area (Å²) in [7, 11) is 2.10. The van der Waals surface area contributed by atoms with Crippen molar-refractivity contribution >= 4 is 53.4 Å². The number of thiocarbonyl (C=S) groups is 1. The number of benzene rings is 2. The Balaban J connectivity index is 1.72. The van der Waals surface area contributed by atoms with Crippen LogP contribution in [0.1, 0.15) is 29.8 Å². The second kappa shape index (κ2) is 16.3. The SMILES string of the molecule is CCOP(OCC)OCCSSCCOc1ccccc1C(=O)Oc1ccc(C(N)=S)cc1. The number of carbonyl (C=O) groups is 1. The Labute approximate surface area is 209 Å². The third-order valence-electron chi connectivity index (χ3n) is 3.80. The van der Waals surface area contributed by atoms with E-state index in [0.717, 1.165) is 11.5 Å². The summed E-state index contributed by atoms with van der Waals surface area (Å²) in [4.78, 5) is 12.9. The summed E-state index contributed by atoms with van der Waals surface area (Å²) < 4.78 is 27.7. The number of para-hydroxylation sites is 1. The molecule has 0 amide bonds. The first-order chi connectivity index (χ1) is 16.0. The van der Waals surface area contributed by atoms with Crippen LogP contribution >= 0.6 is 42.4 Å². The van der Waals surface area contributed by atoms with Crippen LogP contribution in [0.4, 0.5) is 0 Å². The Morgan fingerprint density at radius 1 is 0.939 bits per heavy atom. The molecule has 2 N–H and O–H groups in total. The number of esters is 1. The van der Waals surface area contributed by atoms with Gasteiger partial charge in [0.15, 0.2) is 0 Å². The molecule has 7 nitrogen and oxygen atoms in total. The number of carbonyl (C=O) groups excluding carboxylic acids is 1. The zero-order valence-electron chi connectivity index (χ0n) is 18.6. The van der Waals surface area contributed by atoms with E-state index in [-0.39, 0.29) is 4.99 Å². The molecule has 11 heteroatoms. The summed E-state index contributed by atoms with van der Waals surface area (Å²) in [5, 5.41) is 0. The second-order valence-electron chi connectivity index (χ2n) is 6.16. The van der Waals surface area contributed by atoms with Crippen molar-refractivity contribution < 1.29 is 27.8 Å². The lowest BCUT2D eigenvalue weighted by Crippen LogP contribution is -2.12. The predicted octanol–water partition coefficient (Wildman–Crippen LogP) is 5.62. The van der Waals surface area contributed by atoms with E-state index in [0.29, 0.717) is 49.1 Å². The van der Waals surface area contributed by atoms with Gasteiger partial charge in [0.25, 0.3) is 0 Å². The van der Waals surface area contributed by atoms with Gasteiger partial charge in [0, 0.05) is 17.1 Å². The molecule has 0 unspecified atom stereocenters. The fraction of sp³-hybridized carbons (Fsp3) is 0.364. The molecule has 2 aromatic carbocycles. The van der Waals surface area contributed by atoms with Crippen LogP contribution in [0.5, 0.6) is 11.5 Å². The fourth-order valence-electron chi connectivity index (χ4n) is 2.38. The first-order valence-corrected chi connectivity index (χ1v) is 14.3. The zero-order valence-corrected chi connectivity index (χ0v) is 21.9. The molecule has 0 saturated heterocycles. The van der Waals surface area contributed by atoms with Crippen molar-refractivity contribution in [3.05, 3.63) is 59.7 Å². The summed E-state index contributed by atoms with van der Waals surface area (Å²) in [6, 6.07) is 13.7. The lowest BCUT2D eigenvalue weighted by molar-refractivity contribution is 0.0730. The topological polar surface area (TPSA) is 89.2 Å². The second-order valence-corrected chi connectivity index (χ2v) is 10.5. The third kappa shape index (κ3) is 10.6. The summed E-state index contributed by atoms with van der Waals surface area (Å²) in [6.07, 6.45) is 0. The monoisotopic (exact) mass is 529 g/mol. The average Bonchev–Trinajstić information content (AvgIpc) is 2.81. The van der Waals surface area contributed by atoms with Crippen molar-refractivity contribution in [2.75, 3.05) is 37.9 Å². The van der Waals surface area contributed by atoms with Gasteiger partial charge in [0.2, 0.25) is 0 Å².